The van der Waals surface area contributed by atoms with Crippen molar-refractivity contribution in [2.24, 2.45) is 0 Å². The zero-order valence-corrected chi connectivity index (χ0v) is 14.0. The van der Waals surface area contributed by atoms with E-state index in [0.29, 0.717) is 17.1 Å². The molecule has 0 aromatic heterocycles. The average Bonchev–Trinajstić information content (AvgIpc) is 2.65. The van der Waals surface area contributed by atoms with Gasteiger partial charge in [-0.15, -0.1) is 0 Å². The average molecular weight is 346 g/mol. The van der Waals surface area contributed by atoms with Crippen LogP contribution in [0.1, 0.15) is 15.9 Å². The summed E-state index contributed by atoms with van der Waals surface area (Å²) in [7, 11) is 2.97. The lowest BCUT2D eigenvalue weighted by atomic mass is 10.2. The summed E-state index contributed by atoms with van der Waals surface area (Å²) in [4.78, 5) is 24.0. The van der Waals surface area contributed by atoms with E-state index in [9.17, 15) is 14.0 Å². The molecule has 2 amide bonds. The van der Waals surface area contributed by atoms with E-state index in [1.54, 1.807) is 30.3 Å². The van der Waals surface area contributed by atoms with Gasteiger partial charge in [-0.2, -0.15) is 0 Å². The van der Waals surface area contributed by atoms with Gasteiger partial charge in [0, 0.05) is 18.2 Å². The Morgan fingerprint density at radius 2 is 1.56 bits per heavy atom. The van der Waals surface area contributed by atoms with E-state index in [4.69, 9.17) is 9.47 Å². The first-order chi connectivity index (χ1) is 12.0. The fourth-order valence-electron chi connectivity index (χ4n) is 2.07. The summed E-state index contributed by atoms with van der Waals surface area (Å²) < 4.78 is 23.0. The molecule has 0 heterocycles. The van der Waals surface area contributed by atoms with Gasteiger partial charge in [0.25, 0.3) is 5.91 Å². The highest BCUT2D eigenvalue weighted by atomic mass is 19.1. The molecule has 0 bridgehead atoms. The van der Waals surface area contributed by atoms with Gasteiger partial charge in [-0.05, 0) is 29.8 Å². The number of carbonyl (C=O) groups excluding carboxylic acids is 2. The van der Waals surface area contributed by atoms with E-state index in [1.807, 2.05) is 0 Å². The lowest BCUT2D eigenvalue weighted by Gasteiger charge is -2.10. The molecule has 6 nitrogen and oxygen atoms in total. The van der Waals surface area contributed by atoms with Crippen LogP contribution in [0.2, 0.25) is 0 Å². The number of ether oxygens (including phenoxy) is 2. The molecule has 0 unspecified atom stereocenters. The van der Waals surface area contributed by atoms with Gasteiger partial charge in [-0.25, -0.2) is 4.39 Å². The number of nitrogens with one attached hydrogen (secondary N) is 2. The van der Waals surface area contributed by atoms with Gasteiger partial charge in [0.1, 0.15) is 17.3 Å². The standard InChI is InChI=1S/C18H19FN2O4/c1-24-15-7-13(8-16(9-15)25-2)18(23)21-11-17(22)20-10-12-3-5-14(19)6-4-12/h3-9H,10-11H2,1-2H3,(H,20,22)(H,21,23). The quantitative estimate of drug-likeness (QED) is 0.803. The highest BCUT2D eigenvalue weighted by molar-refractivity contribution is 5.97. The molecule has 0 fully saturated rings. The van der Waals surface area contributed by atoms with Crippen LogP contribution in [0, 0.1) is 5.82 Å². The van der Waals surface area contributed by atoms with Gasteiger partial charge in [-0.3, -0.25) is 9.59 Å². The number of halogens is 1. The van der Waals surface area contributed by atoms with Crippen molar-refractivity contribution < 1.29 is 23.5 Å². The zero-order valence-electron chi connectivity index (χ0n) is 14.0. The van der Waals surface area contributed by atoms with Crippen LogP contribution in [0.25, 0.3) is 0 Å². The first-order valence-electron chi connectivity index (χ1n) is 7.54. The predicted molar refractivity (Wildman–Crippen MR) is 90.1 cm³/mol. The van der Waals surface area contributed by atoms with Gasteiger partial charge in [0.05, 0.1) is 20.8 Å². The van der Waals surface area contributed by atoms with Crippen LogP contribution in [0.4, 0.5) is 4.39 Å². The van der Waals surface area contributed by atoms with Crippen molar-refractivity contribution in [2.75, 3.05) is 20.8 Å². The van der Waals surface area contributed by atoms with Crippen molar-refractivity contribution >= 4 is 11.8 Å². The van der Waals surface area contributed by atoms with Crippen molar-refractivity contribution in [3.63, 3.8) is 0 Å². The van der Waals surface area contributed by atoms with Crippen LogP contribution in [0.3, 0.4) is 0 Å². The first-order valence-corrected chi connectivity index (χ1v) is 7.54. The van der Waals surface area contributed by atoms with Crippen LogP contribution in [0.5, 0.6) is 11.5 Å². The molecule has 0 radical (unpaired) electrons. The lowest BCUT2D eigenvalue weighted by Crippen LogP contribution is -2.36. The molecule has 0 spiro atoms. The summed E-state index contributed by atoms with van der Waals surface area (Å²) in [5.41, 5.74) is 1.08. The molecule has 0 atom stereocenters. The van der Waals surface area contributed by atoms with Gasteiger partial charge in [0.2, 0.25) is 5.91 Å². The molecule has 2 rings (SSSR count). The van der Waals surface area contributed by atoms with Crippen molar-refractivity contribution in [1.82, 2.24) is 10.6 Å². The number of hydrogen-bond acceptors (Lipinski definition) is 4. The highest BCUT2D eigenvalue weighted by Gasteiger charge is 2.11. The van der Waals surface area contributed by atoms with Gasteiger partial charge in [-0.1, -0.05) is 12.1 Å². The van der Waals surface area contributed by atoms with E-state index in [0.717, 1.165) is 5.56 Å². The Hall–Kier alpha value is -3.09. The second-order valence-corrected chi connectivity index (χ2v) is 5.19. The molecule has 0 aliphatic heterocycles. The number of hydrogen-bond donors (Lipinski definition) is 2. The number of rotatable bonds is 7. The second kappa shape index (κ2) is 8.68. The molecule has 0 aliphatic rings. The Balaban J connectivity index is 1.86. The highest BCUT2D eigenvalue weighted by Crippen LogP contribution is 2.22. The topological polar surface area (TPSA) is 76.7 Å². The Bertz CT molecular complexity index is 725. The molecule has 0 saturated carbocycles. The zero-order chi connectivity index (χ0) is 18.2. The fourth-order valence-corrected chi connectivity index (χ4v) is 2.07. The smallest absolute Gasteiger partial charge is 0.251 e. The van der Waals surface area contributed by atoms with E-state index in [-0.39, 0.29) is 24.8 Å². The molecule has 7 heteroatoms. The summed E-state index contributed by atoms with van der Waals surface area (Å²) in [5.74, 6) is -0.159. The minimum Gasteiger partial charge on any atom is -0.497 e. The van der Waals surface area contributed by atoms with Gasteiger partial charge >= 0.3 is 0 Å². The summed E-state index contributed by atoms with van der Waals surface area (Å²) in [6.07, 6.45) is 0. The maximum atomic E-state index is 12.8. The minimum absolute atomic E-state index is 0.181. The second-order valence-electron chi connectivity index (χ2n) is 5.19. The maximum absolute atomic E-state index is 12.8. The summed E-state index contributed by atoms with van der Waals surface area (Å²) in [5, 5.41) is 5.17. The third-order valence-corrected chi connectivity index (χ3v) is 3.43. The predicted octanol–water partition coefficient (Wildman–Crippen LogP) is 1.89. The molecule has 25 heavy (non-hydrogen) atoms. The van der Waals surface area contributed by atoms with Crippen molar-refractivity contribution in [3.05, 3.63) is 59.4 Å². The van der Waals surface area contributed by atoms with Crippen LogP contribution in [-0.2, 0) is 11.3 Å². The van der Waals surface area contributed by atoms with E-state index in [1.165, 1.54) is 26.4 Å². The SMILES string of the molecule is COc1cc(OC)cc(C(=O)NCC(=O)NCc2ccc(F)cc2)c1. The third-order valence-electron chi connectivity index (χ3n) is 3.43. The molecular formula is C18H19FN2O4. The van der Waals surface area contributed by atoms with Crippen molar-refractivity contribution in [1.29, 1.82) is 0 Å². The normalized spacial score (nSPS) is 10.0. The summed E-state index contributed by atoms with van der Waals surface area (Å²) in [6, 6.07) is 10.5. The Morgan fingerprint density at radius 1 is 0.960 bits per heavy atom. The van der Waals surface area contributed by atoms with Crippen LogP contribution in [-0.4, -0.2) is 32.6 Å². The van der Waals surface area contributed by atoms with E-state index < -0.39 is 5.91 Å². The molecule has 2 aromatic rings. The molecule has 2 N–H and O–H groups in total. The number of benzene rings is 2. The Morgan fingerprint density at radius 3 is 2.12 bits per heavy atom. The van der Waals surface area contributed by atoms with Crippen molar-refractivity contribution in [3.8, 4) is 11.5 Å². The molecule has 0 saturated heterocycles. The Labute approximate surface area is 144 Å². The molecule has 132 valence electrons. The van der Waals surface area contributed by atoms with E-state index in [2.05, 4.69) is 10.6 Å². The van der Waals surface area contributed by atoms with Crippen LogP contribution >= 0.6 is 0 Å². The summed E-state index contributed by atoms with van der Waals surface area (Å²) >= 11 is 0. The van der Waals surface area contributed by atoms with Crippen molar-refractivity contribution in [2.45, 2.75) is 6.54 Å². The summed E-state index contributed by atoms with van der Waals surface area (Å²) in [6.45, 7) is 0.0710. The largest absolute Gasteiger partial charge is 0.497 e. The Kier molecular flexibility index (Phi) is 6.33. The maximum Gasteiger partial charge on any atom is 0.251 e. The molecule has 2 aromatic carbocycles. The van der Waals surface area contributed by atoms with E-state index >= 15 is 0 Å². The third kappa shape index (κ3) is 5.49. The monoisotopic (exact) mass is 346 g/mol. The number of amides is 2. The number of methoxy groups -OCH3 is 2. The molecule has 0 aliphatic carbocycles. The first kappa shape index (κ1) is 18.3. The van der Waals surface area contributed by atoms with Gasteiger partial charge in [0.15, 0.2) is 0 Å². The van der Waals surface area contributed by atoms with Crippen LogP contribution in [0.15, 0.2) is 42.5 Å². The lowest BCUT2D eigenvalue weighted by molar-refractivity contribution is -0.120. The van der Waals surface area contributed by atoms with Gasteiger partial charge < -0.3 is 20.1 Å². The molecular weight excluding hydrogens is 327 g/mol. The fraction of sp³-hybridized carbons (Fsp3) is 0.222. The number of carbonyl (C=O) groups is 2. The van der Waals surface area contributed by atoms with Crippen LogP contribution < -0.4 is 20.1 Å². The minimum atomic E-state index is -0.422.